The standard InChI is InChI=1S/C18H27N3O/c1-4-21(5-2)16-12-10-15(11-13-16)18(22)20-19-17-9-7-6-8-14(17)3/h10-14H,4-9H2,1-3H3,(H,20,22)/b19-17-/t14-/m0/s1. The predicted octanol–water partition coefficient (Wildman–Crippen LogP) is 3.83. The Morgan fingerprint density at radius 2 is 1.91 bits per heavy atom. The molecule has 1 aromatic carbocycles. The first-order valence-electron chi connectivity index (χ1n) is 8.37. The Morgan fingerprint density at radius 3 is 2.50 bits per heavy atom. The van der Waals surface area contributed by atoms with Gasteiger partial charge in [-0.15, -0.1) is 0 Å². The lowest BCUT2D eigenvalue weighted by Crippen LogP contribution is -2.24. The molecule has 4 heteroatoms. The van der Waals surface area contributed by atoms with Gasteiger partial charge in [-0.3, -0.25) is 4.79 Å². The third-order valence-corrected chi connectivity index (χ3v) is 4.45. The molecule has 0 aliphatic heterocycles. The summed E-state index contributed by atoms with van der Waals surface area (Å²) in [5, 5.41) is 4.34. The van der Waals surface area contributed by atoms with Gasteiger partial charge in [-0.2, -0.15) is 5.10 Å². The maximum atomic E-state index is 12.2. The van der Waals surface area contributed by atoms with Gasteiger partial charge in [0.05, 0.1) is 0 Å². The monoisotopic (exact) mass is 301 g/mol. The number of benzene rings is 1. The Hall–Kier alpha value is -1.84. The molecule has 1 atom stereocenters. The van der Waals surface area contributed by atoms with Crippen LogP contribution in [0, 0.1) is 5.92 Å². The van der Waals surface area contributed by atoms with Crippen molar-refractivity contribution in [1.82, 2.24) is 5.43 Å². The number of carbonyl (C=O) groups excluding carboxylic acids is 1. The molecule has 4 nitrogen and oxygen atoms in total. The van der Waals surface area contributed by atoms with E-state index in [0.29, 0.717) is 11.5 Å². The summed E-state index contributed by atoms with van der Waals surface area (Å²) < 4.78 is 0. The Kier molecular flexibility index (Phi) is 5.99. The number of nitrogens with zero attached hydrogens (tertiary/aromatic N) is 2. The second kappa shape index (κ2) is 7.97. The fourth-order valence-corrected chi connectivity index (χ4v) is 2.94. The van der Waals surface area contributed by atoms with Crippen LogP contribution in [0.5, 0.6) is 0 Å². The third kappa shape index (κ3) is 4.09. The number of hydrogen-bond acceptors (Lipinski definition) is 3. The highest BCUT2D eigenvalue weighted by Gasteiger charge is 2.16. The Balaban J connectivity index is 1.99. The van der Waals surface area contributed by atoms with Crippen molar-refractivity contribution >= 4 is 17.3 Å². The molecule has 0 saturated heterocycles. The Morgan fingerprint density at radius 1 is 1.23 bits per heavy atom. The Bertz CT molecular complexity index is 518. The molecule has 1 N–H and O–H groups in total. The number of hydrazone groups is 1. The van der Waals surface area contributed by atoms with E-state index in [9.17, 15) is 4.79 Å². The number of nitrogens with one attached hydrogen (secondary N) is 1. The van der Waals surface area contributed by atoms with E-state index in [4.69, 9.17) is 0 Å². The van der Waals surface area contributed by atoms with Crippen molar-refractivity contribution in [3.05, 3.63) is 29.8 Å². The van der Waals surface area contributed by atoms with Crippen molar-refractivity contribution in [2.24, 2.45) is 11.0 Å². The van der Waals surface area contributed by atoms with Gasteiger partial charge in [-0.05, 0) is 63.3 Å². The molecular weight excluding hydrogens is 274 g/mol. The van der Waals surface area contributed by atoms with Crippen molar-refractivity contribution in [2.45, 2.75) is 46.5 Å². The van der Waals surface area contributed by atoms with Crippen molar-refractivity contribution in [1.29, 1.82) is 0 Å². The molecular formula is C18H27N3O. The molecule has 2 rings (SSSR count). The predicted molar refractivity (Wildman–Crippen MR) is 92.5 cm³/mol. The van der Waals surface area contributed by atoms with Crippen LogP contribution in [-0.2, 0) is 0 Å². The van der Waals surface area contributed by atoms with E-state index < -0.39 is 0 Å². The highest BCUT2D eigenvalue weighted by molar-refractivity contribution is 5.96. The molecule has 0 heterocycles. The number of amides is 1. The van der Waals surface area contributed by atoms with Gasteiger partial charge in [-0.25, -0.2) is 5.43 Å². The summed E-state index contributed by atoms with van der Waals surface area (Å²) in [7, 11) is 0. The van der Waals surface area contributed by atoms with Gasteiger partial charge < -0.3 is 4.90 Å². The van der Waals surface area contributed by atoms with Crippen LogP contribution in [0.3, 0.4) is 0 Å². The van der Waals surface area contributed by atoms with Crippen LogP contribution in [0.15, 0.2) is 29.4 Å². The van der Waals surface area contributed by atoms with E-state index >= 15 is 0 Å². The van der Waals surface area contributed by atoms with Crippen LogP contribution in [-0.4, -0.2) is 24.7 Å². The van der Waals surface area contributed by atoms with Crippen LogP contribution in [0.25, 0.3) is 0 Å². The topological polar surface area (TPSA) is 44.7 Å². The molecule has 120 valence electrons. The normalized spacial score (nSPS) is 20.0. The summed E-state index contributed by atoms with van der Waals surface area (Å²) >= 11 is 0. The molecule has 1 aliphatic rings. The fourth-order valence-electron chi connectivity index (χ4n) is 2.94. The second-order valence-corrected chi connectivity index (χ2v) is 5.91. The SMILES string of the molecule is CCN(CC)c1ccc(C(=O)N/N=C2/CCCC[C@@H]2C)cc1. The van der Waals surface area contributed by atoms with Gasteiger partial charge in [0.2, 0.25) is 0 Å². The lowest BCUT2D eigenvalue weighted by Gasteiger charge is -2.21. The first-order chi connectivity index (χ1) is 10.7. The molecule has 0 spiro atoms. The first-order valence-corrected chi connectivity index (χ1v) is 8.37. The number of carbonyl (C=O) groups is 1. The summed E-state index contributed by atoms with van der Waals surface area (Å²) in [6, 6.07) is 7.73. The summed E-state index contributed by atoms with van der Waals surface area (Å²) in [5.41, 5.74) is 5.64. The van der Waals surface area contributed by atoms with Crippen LogP contribution in [0.1, 0.15) is 56.8 Å². The lowest BCUT2D eigenvalue weighted by molar-refractivity contribution is 0.0954. The zero-order chi connectivity index (χ0) is 15.9. The number of anilines is 1. The van der Waals surface area contributed by atoms with Gasteiger partial charge in [0.25, 0.3) is 5.91 Å². The number of hydrogen-bond donors (Lipinski definition) is 1. The van der Waals surface area contributed by atoms with Gasteiger partial charge in [0, 0.05) is 30.1 Å². The molecule has 22 heavy (non-hydrogen) atoms. The van der Waals surface area contributed by atoms with E-state index in [1.807, 2.05) is 24.3 Å². The quantitative estimate of drug-likeness (QED) is 0.840. The van der Waals surface area contributed by atoms with E-state index in [2.05, 4.69) is 36.2 Å². The third-order valence-electron chi connectivity index (χ3n) is 4.45. The van der Waals surface area contributed by atoms with Crippen molar-refractivity contribution < 1.29 is 4.79 Å². The maximum Gasteiger partial charge on any atom is 0.271 e. The molecule has 1 fully saturated rings. The highest BCUT2D eigenvalue weighted by Crippen LogP contribution is 2.21. The van der Waals surface area contributed by atoms with Crippen molar-refractivity contribution in [3.63, 3.8) is 0 Å². The molecule has 0 radical (unpaired) electrons. The maximum absolute atomic E-state index is 12.2. The zero-order valence-corrected chi connectivity index (χ0v) is 13.9. The average molecular weight is 301 g/mol. The average Bonchev–Trinajstić information content (AvgIpc) is 2.55. The summed E-state index contributed by atoms with van der Waals surface area (Å²) in [4.78, 5) is 14.4. The summed E-state index contributed by atoms with van der Waals surface area (Å²) in [6.45, 7) is 8.38. The summed E-state index contributed by atoms with van der Waals surface area (Å²) in [5.74, 6) is 0.357. The van der Waals surface area contributed by atoms with Gasteiger partial charge in [-0.1, -0.05) is 13.3 Å². The fraction of sp³-hybridized carbons (Fsp3) is 0.556. The first kappa shape index (κ1) is 16.5. The Labute approximate surface area is 133 Å². The molecule has 0 bridgehead atoms. The van der Waals surface area contributed by atoms with Crippen molar-refractivity contribution in [3.8, 4) is 0 Å². The highest BCUT2D eigenvalue weighted by atomic mass is 16.2. The van der Waals surface area contributed by atoms with Crippen molar-refractivity contribution in [2.75, 3.05) is 18.0 Å². The van der Waals surface area contributed by atoms with Gasteiger partial charge >= 0.3 is 0 Å². The smallest absolute Gasteiger partial charge is 0.271 e. The molecule has 1 aliphatic carbocycles. The zero-order valence-electron chi connectivity index (χ0n) is 13.9. The number of rotatable bonds is 5. The van der Waals surface area contributed by atoms with E-state index in [0.717, 1.165) is 30.9 Å². The lowest BCUT2D eigenvalue weighted by atomic mass is 9.89. The molecule has 1 aromatic rings. The van der Waals surface area contributed by atoms with Crippen LogP contribution < -0.4 is 10.3 Å². The minimum absolute atomic E-state index is 0.128. The van der Waals surface area contributed by atoms with Gasteiger partial charge in [0.1, 0.15) is 0 Å². The van der Waals surface area contributed by atoms with Crippen LogP contribution in [0.4, 0.5) is 5.69 Å². The summed E-state index contributed by atoms with van der Waals surface area (Å²) in [6.07, 6.45) is 4.62. The minimum atomic E-state index is -0.128. The minimum Gasteiger partial charge on any atom is -0.372 e. The largest absolute Gasteiger partial charge is 0.372 e. The van der Waals surface area contributed by atoms with E-state index in [-0.39, 0.29) is 5.91 Å². The molecule has 1 saturated carbocycles. The van der Waals surface area contributed by atoms with E-state index in [1.165, 1.54) is 19.3 Å². The second-order valence-electron chi connectivity index (χ2n) is 5.91. The van der Waals surface area contributed by atoms with Crippen LogP contribution >= 0.6 is 0 Å². The molecule has 0 aromatic heterocycles. The van der Waals surface area contributed by atoms with E-state index in [1.54, 1.807) is 0 Å². The molecule has 0 unspecified atom stereocenters. The van der Waals surface area contributed by atoms with Gasteiger partial charge in [0.15, 0.2) is 0 Å². The molecule has 1 amide bonds. The van der Waals surface area contributed by atoms with Crippen LogP contribution in [0.2, 0.25) is 0 Å².